The average molecular weight is 446 g/mol. The summed E-state index contributed by atoms with van der Waals surface area (Å²) in [6.45, 7) is -1.08. The standard InChI is InChI=1S/C7H5F12O4P.2H3N/c1-2(8,9)3(10,11)4(12,13)5(14,15)6(16,17)7(18,19)23-24(20,21)22;;/h1H3,(H2,20,21,22);2*1H3. The Morgan fingerprint density at radius 1 is 0.654 bits per heavy atom. The Labute approximate surface area is 135 Å². The highest BCUT2D eigenvalue weighted by molar-refractivity contribution is 7.46. The van der Waals surface area contributed by atoms with E-state index in [2.05, 4.69) is 0 Å². The second kappa shape index (κ2) is 7.31. The van der Waals surface area contributed by atoms with Crippen LogP contribution in [-0.4, -0.2) is 45.5 Å². The highest BCUT2D eigenvalue weighted by Gasteiger charge is 2.90. The molecule has 0 radical (unpaired) electrons. The Morgan fingerprint density at radius 2 is 0.923 bits per heavy atom. The van der Waals surface area contributed by atoms with Crippen LogP contribution in [0, 0.1) is 0 Å². The first kappa shape index (κ1) is 29.9. The van der Waals surface area contributed by atoms with E-state index in [9.17, 15) is 57.3 Å². The van der Waals surface area contributed by atoms with E-state index in [1.165, 1.54) is 0 Å². The molecule has 0 aromatic rings. The zero-order valence-electron chi connectivity index (χ0n) is 12.1. The summed E-state index contributed by atoms with van der Waals surface area (Å²) in [5.74, 6) is -36.8. The SMILES string of the molecule is CC(F)(F)C(F)(F)C(F)(F)C(F)(F)C(F)(F)C(F)(F)OP(=O)(O)O.N.N. The van der Waals surface area contributed by atoms with Gasteiger partial charge in [-0.3, -0.25) is 0 Å². The van der Waals surface area contributed by atoms with E-state index in [0.29, 0.717) is 0 Å². The van der Waals surface area contributed by atoms with E-state index in [1.807, 2.05) is 4.52 Å². The van der Waals surface area contributed by atoms with E-state index in [1.54, 1.807) is 0 Å². The van der Waals surface area contributed by atoms with Crippen LogP contribution >= 0.6 is 7.82 Å². The van der Waals surface area contributed by atoms with Gasteiger partial charge in [0.05, 0.1) is 0 Å². The van der Waals surface area contributed by atoms with Gasteiger partial charge in [0.2, 0.25) is 0 Å². The van der Waals surface area contributed by atoms with Crippen molar-refractivity contribution in [1.82, 2.24) is 12.3 Å². The summed E-state index contributed by atoms with van der Waals surface area (Å²) >= 11 is 0. The van der Waals surface area contributed by atoms with Crippen LogP contribution in [0.2, 0.25) is 0 Å². The van der Waals surface area contributed by atoms with Crippen molar-refractivity contribution in [2.45, 2.75) is 42.6 Å². The zero-order chi connectivity index (χ0) is 20.2. The lowest BCUT2D eigenvalue weighted by Gasteiger charge is -2.40. The summed E-state index contributed by atoms with van der Waals surface area (Å²) in [7, 11) is -6.72. The molecular formula is C7H11F12N2O4P. The fourth-order valence-corrected chi connectivity index (χ4v) is 1.47. The van der Waals surface area contributed by atoms with Gasteiger partial charge < -0.3 is 22.1 Å². The summed E-state index contributed by atoms with van der Waals surface area (Å²) in [5.41, 5.74) is 0. The van der Waals surface area contributed by atoms with Crippen LogP contribution in [-0.2, 0) is 9.09 Å². The Bertz CT molecular complexity index is 530. The number of halogens is 12. The van der Waals surface area contributed by atoms with Gasteiger partial charge in [-0.05, 0) is 0 Å². The molecule has 8 N–H and O–H groups in total. The third kappa shape index (κ3) is 4.53. The van der Waals surface area contributed by atoms with E-state index in [-0.39, 0.29) is 12.3 Å². The molecule has 26 heavy (non-hydrogen) atoms. The van der Waals surface area contributed by atoms with Crippen molar-refractivity contribution < 1.29 is 71.6 Å². The van der Waals surface area contributed by atoms with E-state index >= 15 is 0 Å². The molecule has 0 atom stereocenters. The second-order valence-corrected chi connectivity index (χ2v) is 5.45. The van der Waals surface area contributed by atoms with E-state index in [0.717, 1.165) is 0 Å². The van der Waals surface area contributed by atoms with Gasteiger partial charge in [-0.2, -0.15) is 52.7 Å². The van der Waals surface area contributed by atoms with Crippen LogP contribution in [0.3, 0.4) is 0 Å². The van der Waals surface area contributed by atoms with Gasteiger partial charge in [0.1, 0.15) is 0 Å². The predicted molar refractivity (Wildman–Crippen MR) is 58.5 cm³/mol. The molecule has 0 spiro atoms. The Balaban J connectivity index is -0.00000264. The van der Waals surface area contributed by atoms with Crippen LogP contribution in [0.15, 0.2) is 0 Å². The highest BCUT2D eigenvalue weighted by Crippen LogP contribution is 2.61. The van der Waals surface area contributed by atoms with Crippen molar-refractivity contribution in [3.05, 3.63) is 0 Å². The van der Waals surface area contributed by atoms with Crippen molar-refractivity contribution in [3.63, 3.8) is 0 Å². The molecule has 0 aromatic carbocycles. The van der Waals surface area contributed by atoms with Crippen molar-refractivity contribution in [2.24, 2.45) is 0 Å². The van der Waals surface area contributed by atoms with Crippen molar-refractivity contribution in [2.75, 3.05) is 0 Å². The van der Waals surface area contributed by atoms with Gasteiger partial charge in [0.15, 0.2) is 0 Å². The minimum absolute atomic E-state index is 0. The molecule has 0 fully saturated rings. The third-order valence-electron chi connectivity index (χ3n) is 2.33. The number of hydrogen-bond acceptors (Lipinski definition) is 4. The number of phosphoric ester groups is 1. The molecule has 0 saturated heterocycles. The molecule has 162 valence electrons. The topological polar surface area (TPSA) is 137 Å². The lowest BCUT2D eigenvalue weighted by Crippen LogP contribution is -2.70. The number of phosphoric acid groups is 1. The summed E-state index contributed by atoms with van der Waals surface area (Å²) in [5, 5.41) is 0. The van der Waals surface area contributed by atoms with Crippen LogP contribution in [0.4, 0.5) is 52.7 Å². The normalized spacial score (nSPS) is 15.2. The quantitative estimate of drug-likeness (QED) is 0.342. The van der Waals surface area contributed by atoms with Gasteiger partial charge in [0, 0.05) is 6.92 Å². The van der Waals surface area contributed by atoms with Crippen LogP contribution in [0.5, 0.6) is 0 Å². The summed E-state index contributed by atoms with van der Waals surface area (Å²) in [6, 6.07) is 0. The lowest BCUT2D eigenvalue weighted by atomic mass is 9.94. The molecule has 6 nitrogen and oxygen atoms in total. The first-order chi connectivity index (χ1) is 9.96. The maximum Gasteiger partial charge on any atom is 0.474 e. The fraction of sp³-hybridized carbons (Fsp3) is 1.00. The fourth-order valence-electron chi connectivity index (χ4n) is 1.06. The van der Waals surface area contributed by atoms with E-state index in [4.69, 9.17) is 9.79 Å². The van der Waals surface area contributed by atoms with Crippen molar-refractivity contribution in [3.8, 4) is 0 Å². The smallest absolute Gasteiger partial charge is 0.344 e. The van der Waals surface area contributed by atoms with Gasteiger partial charge in [0.25, 0.3) is 0 Å². The first-order valence-electron chi connectivity index (χ1n) is 4.99. The summed E-state index contributed by atoms with van der Waals surface area (Å²) in [4.78, 5) is 15.7. The monoisotopic (exact) mass is 446 g/mol. The molecule has 0 aromatic heterocycles. The summed E-state index contributed by atoms with van der Waals surface area (Å²) < 4.78 is 165. The van der Waals surface area contributed by atoms with Crippen LogP contribution < -0.4 is 12.3 Å². The van der Waals surface area contributed by atoms with Gasteiger partial charge in [-0.1, -0.05) is 0 Å². The average Bonchev–Trinajstić information content (AvgIpc) is 2.22. The maximum atomic E-state index is 12.9. The van der Waals surface area contributed by atoms with Crippen molar-refractivity contribution in [1.29, 1.82) is 0 Å². The molecular weight excluding hydrogens is 435 g/mol. The largest absolute Gasteiger partial charge is 0.474 e. The molecule has 19 heteroatoms. The minimum Gasteiger partial charge on any atom is -0.344 e. The Kier molecular flexibility index (Phi) is 8.41. The van der Waals surface area contributed by atoms with Crippen LogP contribution in [0.1, 0.15) is 6.92 Å². The second-order valence-electron chi connectivity index (χ2n) is 4.28. The minimum atomic E-state index is -7.93. The van der Waals surface area contributed by atoms with Gasteiger partial charge >= 0.3 is 43.5 Å². The molecule has 0 aliphatic rings. The zero-order valence-corrected chi connectivity index (χ0v) is 13.0. The molecule has 0 heterocycles. The van der Waals surface area contributed by atoms with Crippen molar-refractivity contribution >= 4 is 7.82 Å². The molecule has 0 aliphatic carbocycles. The predicted octanol–water partition coefficient (Wildman–Crippen LogP) is 4.21. The first-order valence-corrected chi connectivity index (χ1v) is 6.52. The molecule has 0 saturated carbocycles. The molecule has 0 rings (SSSR count). The van der Waals surface area contributed by atoms with Crippen LogP contribution in [0.25, 0.3) is 0 Å². The molecule has 0 bridgehead atoms. The molecule has 0 aliphatic heterocycles. The molecule has 0 amide bonds. The van der Waals surface area contributed by atoms with E-state index < -0.39 is 50.5 Å². The summed E-state index contributed by atoms with van der Waals surface area (Å²) in [6.07, 6.45) is -7.14. The highest BCUT2D eigenvalue weighted by atomic mass is 31.2. The maximum absolute atomic E-state index is 12.9. The number of hydrogen-bond donors (Lipinski definition) is 4. The Morgan fingerprint density at radius 3 is 1.15 bits per heavy atom. The third-order valence-corrected chi connectivity index (χ3v) is 2.80. The molecule has 0 unspecified atom stereocenters. The lowest BCUT2D eigenvalue weighted by molar-refractivity contribution is -0.446. The Hall–Kier alpha value is -0.810. The van der Waals surface area contributed by atoms with Gasteiger partial charge in [-0.15, -0.1) is 0 Å². The van der Waals surface area contributed by atoms with Gasteiger partial charge in [-0.25, -0.2) is 9.09 Å². The number of rotatable bonds is 7. The number of alkyl halides is 12.